The van der Waals surface area contributed by atoms with E-state index in [4.69, 9.17) is 11.6 Å². The molecule has 0 aromatic heterocycles. The van der Waals surface area contributed by atoms with Crippen LogP contribution < -0.4 is 10.0 Å². The fourth-order valence-electron chi connectivity index (χ4n) is 2.64. The number of sulfonamides is 1. The third-order valence-electron chi connectivity index (χ3n) is 4.30. The van der Waals surface area contributed by atoms with Crippen molar-refractivity contribution in [3.8, 4) is 0 Å². The first-order valence-corrected chi connectivity index (χ1v) is 11.9. The summed E-state index contributed by atoms with van der Waals surface area (Å²) in [4.78, 5) is 13.6. The van der Waals surface area contributed by atoms with Crippen LogP contribution in [0.1, 0.15) is 12.5 Å². The van der Waals surface area contributed by atoms with Crippen molar-refractivity contribution in [2.45, 2.75) is 28.9 Å². The zero-order valence-corrected chi connectivity index (χ0v) is 18.8. The lowest BCUT2D eigenvalue weighted by atomic mass is 10.2. The maximum absolute atomic E-state index is 12.5. The van der Waals surface area contributed by atoms with Crippen LogP contribution in [0.3, 0.4) is 0 Å². The van der Waals surface area contributed by atoms with E-state index in [9.17, 15) is 13.2 Å². The monoisotopic (exact) mass is 460 g/mol. The molecule has 1 atom stereocenters. The maximum atomic E-state index is 12.5. The Kier molecular flexibility index (Phi) is 7.07. The number of benzene rings is 3. The van der Waals surface area contributed by atoms with Gasteiger partial charge in [0.15, 0.2) is 0 Å². The first-order valence-electron chi connectivity index (χ1n) is 9.16. The molecule has 156 valence electrons. The number of hydrogen-bond donors (Lipinski definition) is 2. The molecule has 0 aliphatic heterocycles. The number of aryl methyl sites for hydroxylation is 1. The second kappa shape index (κ2) is 9.55. The Morgan fingerprint density at radius 3 is 2.33 bits per heavy atom. The topological polar surface area (TPSA) is 75.3 Å². The largest absolute Gasteiger partial charge is 0.325 e. The average Bonchev–Trinajstić information content (AvgIpc) is 2.72. The minimum Gasteiger partial charge on any atom is -0.325 e. The summed E-state index contributed by atoms with van der Waals surface area (Å²) in [6, 6.07) is 20.4. The van der Waals surface area contributed by atoms with Crippen LogP contribution in [-0.2, 0) is 14.8 Å². The second-order valence-electron chi connectivity index (χ2n) is 6.65. The number of thioether (sulfide) groups is 1. The van der Waals surface area contributed by atoms with Gasteiger partial charge in [0.25, 0.3) is 10.0 Å². The Morgan fingerprint density at radius 1 is 1.00 bits per heavy atom. The lowest BCUT2D eigenvalue weighted by Gasteiger charge is -2.14. The van der Waals surface area contributed by atoms with E-state index in [0.717, 1.165) is 10.5 Å². The first-order chi connectivity index (χ1) is 14.2. The Balaban J connectivity index is 1.62. The average molecular weight is 461 g/mol. The molecule has 1 amide bonds. The van der Waals surface area contributed by atoms with Gasteiger partial charge in [-0.15, -0.1) is 11.8 Å². The molecule has 8 heteroatoms. The number of halogens is 1. The van der Waals surface area contributed by atoms with E-state index in [-0.39, 0.29) is 16.1 Å². The molecule has 30 heavy (non-hydrogen) atoms. The van der Waals surface area contributed by atoms with E-state index in [0.29, 0.717) is 16.4 Å². The molecule has 0 aliphatic carbocycles. The van der Waals surface area contributed by atoms with E-state index in [2.05, 4.69) is 10.0 Å². The lowest BCUT2D eigenvalue weighted by molar-refractivity contribution is -0.115. The highest BCUT2D eigenvalue weighted by Gasteiger charge is 2.17. The van der Waals surface area contributed by atoms with Crippen LogP contribution >= 0.6 is 23.4 Å². The number of amides is 1. The first kappa shape index (κ1) is 22.2. The molecule has 0 heterocycles. The predicted molar refractivity (Wildman–Crippen MR) is 124 cm³/mol. The minimum absolute atomic E-state index is 0.140. The molecular formula is C22H21ClN2O3S2. The van der Waals surface area contributed by atoms with E-state index in [1.54, 1.807) is 54.6 Å². The van der Waals surface area contributed by atoms with Crippen molar-refractivity contribution in [1.82, 2.24) is 0 Å². The Morgan fingerprint density at radius 2 is 1.67 bits per heavy atom. The summed E-state index contributed by atoms with van der Waals surface area (Å²) in [7, 11) is -3.64. The number of nitrogens with one attached hydrogen (secondary N) is 2. The van der Waals surface area contributed by atoms with Crippen LogP contribution in [-0.4, -0.2) is 19.6 Å². The molecule has 3 rings (SSSR count). The van der Waals surface area contributed by atoms with Crippen LogP contribution in [0.25, 0.3) is 0 Å². The number of carbonyl (C=O) groups excluding carboxylic acids is 1. The van der Waals surface area contributed by atoms with Gasteiger partial charge < -0.3 is 5.32 Å². The molecule has 0 fully saturated rings. The highest BCUT2D eigenvalue weighted by Crippen LogP contribution is 2.27. The fraction of sp³-hybridized carbons (Fsp3) is 0.136. The van der Waals surface area contributed by atoms with Gasteiger partial charge >= 0.3 is 0 Å². The number of hydrogen-bond acceptors (Lipinski definition) is 4. The lowest BCUT2D eigenvalue weighted by Crippen LogP contribution is -2.22. The molecule has 2 N–H and O–H groups in total. The molecule has 0 aliphatic rings. The summed E-state index contributed by atoms with van der Waals surface area (Å²) in [5.74, 6) is -0.140. The minimum atomic E-state index is -3.64. The zero-order chi connectivity index (χ0) is 21.7. The molecule has 1 unspecified atom stereocenters. The molecule has 0 radical (unpaired) electrons. The van der Waals surface area contributed by atoms with Crippen molar-refractivity contribution in [3.05, 3.63) is 83.4 Å². The Hall–Kier alpha value is -2.48. The standard InChI is InChI=1S/C22H21ClN2O3S2/c1-15-8-9-17(23)14-21(15)24-22(26)16(2)29-19-12-10-18(11-13-19)25-30(27,28)20-6-4-3-5-7-20/h3-14,16,25H,1-2H3,(H,24,26). The van der Waals surface area contributed by atoms with Gasteiger partial charge in [-0.25, -0.2) is 8.42 Å². The molecule has 5 nitrogen and oxygen atoms in total. The van der Waals surface area contributed by atoms with Crippen molar-refractivity contribution >= 4 is 50.7 Å². The predicted octanol–water partition coefficient (Wildman–Crippen LogP) is 5.57. The Bertz CT molecular complexity index is 1130. The van der Waals surface area contributed by atoms with E-state index < -0.39 is 10.0 Å². The highest BCUT2D eigenvalue weighted by atomic mass is 35.5. The summed E-state index contributed by atoms with van der Waals surface area (Å²) in [5.41, 5.74) is 2.07. The van der Waals surface area contributed by atoms with Crippen molar-refractivity contribution < 1.29 is 13.2 Å². The van der Waals surface area contributed by atoms with Crippen molar-refractivity contribution in [1.29, 1.82) is 0 Å². The SMILES string of the molecule is Cc1ccc(Cl)cc1NC(=O)C(C)Sc1ccc(NS(=O)(=O)c2ccccc2)cc1. The van der Waals surface area contributed by atoms with Crippen LogP contribution in [0.15, 0.2) is 82.6 Å². The summed E-state index contributed by atoms with van der Waals surface area (Å²) >= 11 is 7.39. The molecule has 0 saturated carbocycles. The molecule has 3 aromatic carbocycles. The number of anilines is 2. The van der Waals surface area contributed by atoms with Gasteiger partial charge in [-0.05, 0) is 67.9 Å². The zero-order valence-electron chi connectivity index (χ0n) is 16.4. The quantitative estimate of drug-likeness (QED) is 0.452. The Labute approximate surface area is 185 Å². The van der Waals surface area contributed by atoms with E-state index in [1.807, 2.05) is 19.9 Å². The summed E-state index contributed by atoms with van der Waals surface area (Å²) < 4.78 is 27.4. The summed E-state index contributed by atoms with van der Waals surface area (Å²) in [6.45, 7) is 3.71. The van der Waals surface area contributed by atoms with Crippen molar-refractivity contribution in [2.75, 3.05) is 10.0 Å². The molecule has 0 bridgehead atoms. The van der Waals surface area contributed by atoms with E-state index >= 15 is 0 Å². The van der Waals surface area contributed by atoms with Gasteiger partial charge in [0.1, 0.15) is 0 Å². The van der Waals surface area contributed by atoms with Gasteiger partial charge in [0.05, 0.1) is 10.1 Å². The third-order valence-corrected chi connectivity index (χ3v) is 7.04. The van der Waals surface area contributed by atoms with Gasteiger partial charge in [-0.2, -0.15) is 0 Å². The second-order valence-corrected chi connectivity index (χ2v) is 10.2. The smallest absolute Gasteiger partial charge is 0.261 e. The highest BCUT2D eigenvalue weighted by molar-refractivity contribution is 8.00. The molecule has 0 spiro atoms. The van der Waals surface area contributed by atoms with Gasteiger partial charge in [0.2, 0.25) is 5.91 Å². The molecule has 3 aromatic rings. The van der Waals surface area contributed by atoms with Crippen LogP contribution in [0.2, 0.25) is 5.02 Å². The van der Waals surface area contributed by atoms with Gasteiger partial charge in [0, 0.05) is 21.3 Å². The molecular weight excluding hydrogens is 440 g/mol. The van der Waals surface area contributed by atoms with Crippen LogP contribution in [0.5, 0.6) is 0 Å². The van der Waals surface area contributed by atoms with Gasteiger partial charge in [-0.3, -0.25) is 9.52 Å². The normalized spacial score (nSPS) is 12.2. The van der Waals surface area contributed by atoms with E-state index in [1.165, 1.54) is 23.9 Å². The number of carbonyl (C=O) groups is 1. The third kappa shape index (κ3) is 5.78. The maximum Gasteiger partial charge on any atom is 0.261 e. The van der Waals surface area contributed by atoms with Crippen molar-refractivity contribution in [2.24, 2.45) is 0 Å². The van der Waals surface area contributed by atoms with Crippen LogP contribution in [0.4, 0.5) is 11.4 Å². The summed E-state index contributed by atoms with van der Waals surface area (Å²) in [6.07, 6.45) is 0. The molecule has 0 saturated heterocycles. The number of rotatable bonds is 7. The summed E-state index contributed by atoms with van der Waals surface area (Å²) in [5, 5.41) is 3.10. The van der Waals surface area contributed by atoms with Crippen LogP contribution in [0, 0.1) is 6.92 Å². The van der Waals surface area contributed by atoms with Crippen molar-refractivity contribution in [3.63, 3.8) is 0 Å². The fourth-order valence-corrected chi connectivity index (χ4v) is 4.76. The van der Waals surface area contributed by atoms with Gasteiger partial charge in [-0.1, -0.05) is 35.9 Å².